The van der Waals surface area contributed by atoms with Gasteiger partial charge in [0.05, 0.1) is 0 Å². The Hall–Kier alpha value is -0.0800. The Morgan fingerprint density at radius 1 is 1.50 bits per heavy atom. The van der Waals surface area contributed by atoms with Crippen molar-refractivity contribution in [3.05, 3.63) is 0 Å². The predicted molar refractivity (Wildman–Crippen MR) is 60.4 cm³/mol. The van der Waals surface area contributed by atoms with Crippen molar-refractivity contribution in [3.8, 4) is 0 Å². The van der Waals surface area contributed by atoms with Crippen LogP contribution in [0.1, 0.15) is 33.1 Å². The van der Waals surface area contributed by atoms with Crippen LogP contribution in [0.15, 0.2) is 0 Å². The minimum atomic E-state index is 0.568. The minimum Gasteiger partial charge on any atom is -0.316 e. The lowest BCUT2D eigenvalue weighted by Gasteiger charge is -2.27. The molecule has 3 atom stereocenters. The van der Waals surface area contributed by atoms with Crippen molar-refractivity contribution >= 4 is 0 Å². The molecule has 3 unspecified atom stereocenters. The average molecular weight is 196 g/mol. The Morgan fingerprint density at radius 2 is 2.29 bits per heavy atom. The molecule has 14 heavy (non-hydrogen) atoms. The molecule has 1 heterocycles. The molecule has 2 heteroatoms. The zero-order valence-electron chi connectivity index (χ0n) is 9.60. The SMILES string of the molecule is CCC1(CNCC2CC2C)CCNC1. The van der Waals surface area contributed by atoms with Crippen LogP contribution in [-0.2, 0) is 0 Å². The molecule has 1 aliphatic heterocycles. The fourth-order valence-corrected chi connectivity index (χ4v) is 2.58. The first-order valence-electron chi connectivity index (χ1n) is 6.17. The molecule has 0 radical (unpaired) electrons. The fourth-order valence-electron chi connectivity index (χ4n) is 2.58. The van der Waals surface area contributed by atoms with E-state index >= 15 is 0 Å². The van der Waals surface area contributed by atoms with Crippen LogP contribution in [0.25, 0.3) is 0 Å². The highest BCUT2D eigenvalue weighted by Crippen LogP contribution is 2.37. The van der Waals surface area contributed by atoms with Crippen molar-refractivity contribution in [2.24, 2.45) is 17.3 Å². The second kappa shape index (κ2) is 4.19. The van der Waals surface area contributed by atoms with E-state index in [1.807, 2.05) is 0 Å². The van der Waals surface area contributed by atoms with Crippen LogP contribution in [-0.4, -0.2) is 26.2 Å². The van der Waals surface area contributed by atoms with Gasteiger partial charge in [0.15, 0.2) is 0 Å². The van der Waals surface area contributed by atoms with Gasteiger partial charge in [0.25, 0.3) is 0 Å². The zero-order valence-corrected chi connectivity index (χ0v) is 9.60. The summed E-state index contributed by atoms with van der Waals surface area (Å²) in [7, 11) is 0. The summed E-state index contributed by atoms with van der Waals surface area (Å²) in [6.07, 6.45) is 4.12. The van der Waals surface area contributed by atoms with Crippen molar-refractivity contribution < 1.29 is 0 Å². The molecule has 2 nitrogen and oxygen atoms in total. The third-order valence-electron chi connectivity index (χ3n) is 4.26. The molecule has 1 aliphatic carbocycles. The van der Waals surface area contributed by atoms with E-state index in [1.165, 1.54) is 45.4 Å². The molecule has 0 aromatic rings. The highest BCUT2D eigenvalue weighted by molar-refractivity contribution is 4.90. The molecule has 2 fully saturated rings. The number of hydrogen-bond acceptors (Lipinski definition) is 2. The monoisotopic (exact) mass is 196 g/mol. The van der Waals surface area contributed by atoms with E-state index in [0.29, 0.717) is 5.41 Å². The highest BCUT2D eigenvalue weighted by atomic mass is 15.0. The van der Waals surface area contributed by atoms with Crippen LogP contribution in [0.5, 0.6) is 0 Å². The molecule has 0 amide bonds. The van der Waals surface area contributed by atoms with Crippen molar-refractivity contribution in [3.63, 3.8) is 0 Å². The normalized spacial score (nSPS) is 41.6. The number of nitrogens with one attached hydrogen (secondary N) is 2. The van der Waals surface area contributed by atoms with E-state index in [0.717, 1.165) is 11.8 Å². The van der Waals surface area contributed by atoms with Gasteiger partial charge in [-0.25, -0.2) is 0 Å². The molecular weight excluding hydrogens is 172 g/mol. The maximum absolute atomic E-state index is 3.67. The topological polar surface area (TPSA) is 24.1 Å². The van der Waals surface area contributed by atoms with Gasteiger partial charge in [-0.15, -0.1) is 0 Å². The van der Waals surface area contributed by atoms with Crippen molar-refractivity contribution in [1.82, 2.24) is 10.6 Å². The summed E-state index contributed by atoms with van der Waals surface area (Å²) in [5, 5.41) is 7.16. The van der Waals surface area contributed by atoms with Crippen molar-refractivity contribution in [1.29, 1.82) is 0 Å². The van der Waals surface area contributed by atoms with Crippen LogP contribution in [0.4, 0.5) is 0 Å². The predicted octanol–water partition coefficient (Wildman–Crippen LogP) is 1.62. The van der Waals surface area contributed by atoms with E-state index in [-0.39, 0.29) is 0 Å². The van der Waals surface area contributed by atoms with Gasteiger partial charge in [0, 0.05) is 13.1 Å². The van der Waals surface area contributed by atoms with Gasteiger partial charge in [-0.1, -0.05) is 13.8 Å². The Morgan fingerprint density at radius 3 is 2.79 bits per heavy atom. The summed E-state index contributed by atoms with van der Waals surface area (Å²) in [6.45, 7) is 9.60. The summed E-state index contributed by atoms with van der Waals surface area (Å²) in [4.78, 5) is 0. The van der Waals surface area contributed by atoms with E-state index in [9.17, 15) is 0 Å². The Bertz CT molecular complexity index is 185. The molecule has 2 N–H and O–H groups in total. The van der Waals surface area contributed by atoms with Gasteiger partial charge in [0.2, 0.25) is 0 Å². The molecule has 82 valence electrons. The van der Waals surface area contributed by atoms with Crippen molar-refractivity contribution in [2.45, 2.75) is 33.1 Å². The molecule has 1 saturated heterocycles. The quantitative estimate of drug-likeness (QED) is 0.698. The van der Waals surface area contributed by atoms with Crippen molar-refractivity contribution in [2.75, 3.05) is 26.2 Å². The largest absolute Gasteiger partial charge is 0.316 e. The maximum atomic E-state index is 3.67. The van der Waals surface area contributed by atoms with Crippen LogP contribution < -0.4 is 10.6 Å². The van der Waals surface area contributed by atoms with Gasteiger partial charge in [0.1, 0.15) is 0 Å². The Balaban J connectivity index is 1.67. The van der Waals surface area contributed by atoms with Crippen LogP contribution in [0, 0.1) is 17.3 Å². The first kappa shape index (κ1) is 10.4. The Kier molecular flexibility index (Phi) is 3.13. The summed E-state index contributed by atoms with van der Waals surface area (Å²) in [5.74, 6) is 1.97. The molecule has 0 spiro atoms. The molecule has 0 aromatic heterocycles. The number of hydrogen-bond donors (Lipinski definition) is 2. The second-order valence-electron chi connectivity index (χ2n) is 5.38. The van der Waals surface area contributed by atoms with Crippen LogP contribution in [0.3, 0.4) is 0 Å². The van der Waals surface area contributed by atoms with Gasteiger partial charge >= 0.3 is 0 Å². The average Bonchev–Trinajstić information content (AvgIpc) is 2.71. The maximum Gasteiger partial charge on any atom is 0.00205 e. The molecule has 2 rings (SSSR count). The van der Waals surface area contributed by atoms with Crippen LogP contribution >= 0.6 is 0 Å². The summed E-state index contributed by atoms with van der Waals surface area (Å²) in [5.41, 5.74) is 0.568. The molecule has 0 bridgehead atoms. The standard InChI is InChI=1S/C12H24N2/c1-3-12(4-5-13-8-12)9-14-7-11-6-10(11)2/h10-11,13-14H,3-9H2,1-2H3. The lowest BCUT2D eigenvalue weighted by atomic mass is 9.84. The molecular formula is C12H24N2. The van der Waals surface area contributed by atoms with Gasteiger partial charge in [-0.2, -0.15) is 0 Å². The van der Waals surface area contributed by atoms with E-state index < -0.39 is 0 Å². The van der Waals surface area contributed by atoms with Crippen LogP contribution in [0.2, 0.25) is 0 Å². The summed E-state index contributed by atoms with van der Waals surface area (Å²) < 4.78 is 0. The van der Waals surface area contributed by atoms with Gasteiger partial charge < -0.3 is 10.6 Å². The van der Waals surface area contributed by atoms with E-state index in [2.05, 4.69) is 24.5 Å². The first-order valence-corrected chi connectivity index (χ1v) is 6.17. The lowest BCUT2D eigenvalue weighted by Crippen LogP contribution is -2.36. The smallest absolute Gasteiger partial charge is 0.00205 e. The number of rotatable bonds is 5. The third-order valence-corrected chi connectivity index (χ3v) is 4.26. The van der Waals surface area contributed by atoms with E-state index in [1.54, 1.807) is 0 Å². The van der Waals surface area contributed by atoms with Gasteiger partial charge in [-0.3, -0.25) is 0 Å². The summed E-state index contributed by atoms with van der Waals surface area (Å²) in [6, 6.07) is 0. The second-order valence-corrected chi connectivity index (χ2v) is 5.38. The van der Waals surface area contributed by atoms with E-state index in [4.69, 9.17) is 0 Å². The first-order chi connectivity index (χ1) is 6.76. The Labute approximate surface area is 87.8 Å². The molecule has 1 saturated carbocycles. The molecule has 2 aliphatic rings. The summed E-state index contributed by atoms with van der Waals surface area (Å²) >= 11 is 0. The highest BCUT2D eigenvalue weighted by Gasteiger charge is 2.34. The van der Waals surface area contributed by atoms with Gasteiger partial charge in [-0.05, 0) is 49.6 Å². The molecule has 0 aromatic carbocycles. The third kappa shape index (κ3) is 2.29. The fraction of sp³-hybridized carbons (Fsp3) is 1.00. The zero-order chi connectivity index (χ0) is 10.0. The minimum absolute atomic E-state index is 0.568. The lowest BCUT2D eigenvalue weighted by molar-refractivity contribution is 0.290.